The Balaban J connectivity index is 1.74. The molecule has 1 aliphatic heterocycles. The number of carbonyl (C=O) groups is 1. The van der Waals surface area contributed by atoms with Gasteiger partial charge in [0.15, 0.2) is 0 Å². The van der Waals surface area contributed by atoms with E-state index in [2.05, 4.69) is 36.3 Å². The van der Waals surface area contributed by atoms with Crippen molar-refractivity contribution in [2.75, 3.05) is 18.4 Å². The molecule has 1 amide bonds. The first-order chi connectivity index (χ1) is 12.9. The van der Waals surface area contributed by atoms with E-state index >= 15 is 0 Å². The van der Waals surface area contributed by atoms with E-state index in [0.717, 1.165) is 36.5 Å². The van der Waals surface area contributed by atoms with Gasteiger partial charge in [-0.3, -0.25) is 4.79 Å². The number of aryl methyl sites for hydroxylation is 1. The van der Waals surface area contributed by atoms with Crippen LogP contribution in [0, 0.1) is 12.7 Å². The molecule has 2 atom stereocenters. The molecule has 0 bridgehead atoms. The van der Waals surface area contributed by atoms with Gasteiger partial charge in [-0.15, -0.1) is 0 Å². The van der Waals surface area contributed by atoms with E-state index in [0.29, 0.717) is 18.9 Å². The van der Waals surface area contributed by atoms with Crippen LogP contribution in [-0.4, -0.2) is 34.9 Å². The summed E-state index contributed by atoms with van der Waals surface area (Å²) in [6.45, 7) is 7.66. The van der Waals surface area contributed by atoms with Crippen LogP contribution in [-0.2, 0) is 11.2 Å². The molecule has 0 unspecified atom stereocenters. The molecule has 27 heavy (non-hydrogen) atoms. The molecule has 1 aromatic heterocycles. The lowest BCUT2D eigenvalue weighted by Crippen LogP contribution is -2.41. The minimum Gasteiger partial charge on any atom is -0.366 e. The molecule has 0 saturated heterocycles. The summed E-state index contributed by atoms with van der Waals surface area (Å²) < 4.78 is 13.1. The van der Waals surface area contributed by atoms with Gasteiger partial charge in [0.1, 0.15) is 11.6 Å². The Hall–Kier alpha value is -2.43. The molecule has 4 nitrogen and oxygen atoms in total. The van der Waals surface area contributed by atoms with Crippen LogP contribution in [0.4, 0.5) is 10.2 Å². The Bertz CT molecular complexity index is 791. The summed E-state index contributed by atoms with van der Waals surface area (Å²) in [7, 11) is 0. The zero-order valence-electron chi connectivity index (χ0n) is 16.3. The number of fused-ring (bicyclic) bond motifs is 1. The van der Waals surface area contributed by atoms with Crippen molar-refractivity contribution in [1.82, 2.24) is 9.88 Å². The summed E-state index contributed by atoms with van der Waals surface area (Å²) in [6, 6.07) is 10.5. The monoisotopic (exact) mass is 369 g/mol. The van der Waals surface area contributed by atoms with Crippen molar-refractivity contribution >= 4 is 11.7 Å². The highest BCUT2D eigenvalue weighted by molar-refractivity contribution is 5.78. The van der Waals surface area contributed by atoms with E-state index in [1.807, 2.05) is 11.8 Å². The van der Waals surface area contributed by atoms with Crippen LogP contribution in [0.15, 0.2) is 36.4 Å². The Morgan fingerprint density at radius 2 is 1.96 bits per heavy atom. The third kappa shape index (κ3) is 5.06. The first-order valence-electron chi connectivity index (χ1n) is 9.68. The predicted molar refractivity (Wildman–Crippen MR) is 106 cm³/mol. The largest absolute Gasteiger partial charge is 0.366 e. The highest BCUT2D eigenvalue weighted by atomic mass is 19.1. The van der Waals surface area contributed by atoms with Crippen molar-refractivity contribution in [3.63, 3.8) is 0 Å². The maximum absolute atomic E-state index is 13.1. The molecule has 1 aromatic carbocycles. The third-order valence-electron chi connectivity index (χ3n) is 5.16. The van der Waals surface area contributed by atoms with E-state index in [4.69, 9.17) is 0 Å². The number of rotatable bonds is 2. The van der Waals surface area contributed by atoms with Crippen LogP contribution in [0.2, 0.25) is 0 Å². The molecular formula is C22H28FN3O. The minimum absolute atomic E-state index is 0.0842. The second-order valence-corrected chi connectivity index (χ2v) is 7.62. The first-order valence-corrected chi connectivity index (χ1v) is 9.68. The zero-order chi connectivity index (χ0) is 19.4. The number of benzene rings is 1. The topological polar surface area (TPSA) is 45.2 Å². The van der Waals surface area contributed by atoms with E-state index in [1.165, 1.54) is 17.7 Å². The van der Waals surface area contributed by atoms with Gasteiger partial charge in [-0.2, -0.15) is 0 Å². The quantitative estimate of drug-likeness (QED) is 0.858. The number of aromatic nitrogens is 1. The van der Waals surface area contributed by atoms with Gasteiger partial charge >= 0.3 is 0 Å². The summed E-state index contributed by atoms with van der Waals surface area (Å²) >= 11 is 0. The van der Waals surface area contributed by atoms with Crippen LogP contribution < -0.4 is 5.32 Å². The van der Waals surface area contributed by atoms with Gasteiger partial charge in [0, 0.05) is 24.8 Å². The highest BCUT2D eigenvalue weighted by Crippen LogP contribution is 2.28. The summed E-state index contributed by atoms with van der Waals surface area (Å²) in [4.78, 5) is 19.4. The summed E-state index contributed by atoms with van der Waals surface area (Å²) in [5.41, 5.74) is 3.08. The molecule has 0 saturated carbocycles. The Morgan fingerprint density at radius 1 is 1.22 bits per heavy atom. The third-order valence-corrected chi connectivity index (χ3v) is 5.16. The van der Waals surface area contributed by atoms with E-state index < -0.39 is 0 Å². The lowest BCUT2D eigenvalue weighted by atomic mass is 9.95. The SMILES string of the molecule is Cc1ccc2c(n1)N[C@@H](C)CN(C(=O)Cc1ccc(F)cc1)CCC[C@@H]2C. The van der Waals surface area contributed by atoms with Gasteiger partial charge in [0.25, 0.3) is 0 Å². The van der Waals surface area contributed by atoms with Gasteiger partial charge in [0.2, 0.25) is 5.91 Å². The number of halogens is 1. The van der Waals surface area contributed by atoms with Gasteiger partial charge < -0.3 is 10.2 Å². The fourth-order valence-corrected chi connectivity index (χ4v) is 3.64. The lowest BCUT2D eigenvalue weighted by molar-refractivity contribution is -0.130. The second-order valence-electron chi connectivity index (χ2n) is 7.62. The average molecular weight is 369 g/mol. The highest BCUT2D eigenvalue weighted by Gasteiger charge is 2.21. The number of hydrogen-bond donors (Lipinski definition) is 1. The van der Waals surface area contributed by atoms with Crippen LogP contribution in [0.1, 0.15) is 49.4 Å². The molecule has 144 valence electrons. The van der Waals surface area contributed by atoms with E-state index in [9.17, 15) is 9.18 Å². The summed E-state index contributed by atoms with van der Waals surface area (Å²) in [5, 5.41) is 3.50. The predicted octanol–water partition coefficient (Wildman–Crippen LogP) is 4.30. The number of hydrogen-bond acceptors (Lipinski definition) is 3. The van der Waals surface area contributed by atoms with Crippen LogP contribution in [0.3, 0.4) is 0 Å². The normalized spacial score (nSPS) is 20.5. The molecule has 1 aliphatic rings. The van der Waals surface area contributed by atoms with Crippen molar-refractivity contribution in [1.29, 1.82) is 0 Å². The molecule has 0 fully saturated rings. The molecular weight excluding hydrogens is 341 g/mol. The number of amides is 1. The molecule has 1 N–H and O–H groups in total. The van der Waals surface area contributed by atoms with Gasteiger partial charge in [-0.1, -0.05) is 25.1 Å². The van der Waals surface area contributed by atoms with Crippen molar-refractivity contribution in [3.05, 3.63) is 59.0 Å². The van der Waals surface area contributed by atoms with E-state index in [-0.39, 0.29) is 17.8 Å². The zero-order valence-corrected chi connectivity index (χ0v) is 16.3. The molecule has 0 radical (unpaired) electrons. The molecule has 5 heteroatoms. The molecule has 3 rings (SSSR count). The number of anilines is 1. The Labute approximate surface area is 160 Å². The summed E-state index contributed by atoms with van der Waals surface area (Å²) in [6.07, 6.45) is 2.26. The fourth-order valence-electron chi connectivity index (χ4n) is 3.64. The maximum atomic E-state index is 13.1. The van der Waals surface area contributed by atoms with Crippen LogP contribution in [0.5, 0.6) is 0 Å². The van der Waals surface area contributed by atoms with Crippen molar-refractivity contribution < 1.29 is 9.18 Å². The number of nitrogens with one attached hydrogen (secondary N) is 1. The number of nitrogens with zero attached hydrogens (tertiary/aromatic N) is 2. The number of carbonyl (C=O) groups excluding carboxylic acids is 1. The van der Waals surface area contributed by atoms with Crippen molar-refractivity contribution in [2.45, 2.75) is 52.0 Å². The standard InChI is InChI=1S/C22H28FN3O/c1-15-5-4-12-26(21(27)13-18-7-9-19(23)10-8-18)14-17(3)25-22-20(15)11-6-16(2)24-22/h6-11,15,17H,4-5,12-14H2,1-3H3,(H,24,25)/t15-,17-/m0/s1. The Kier molecular flexibility index (Phi) is 6.09. The first kappa shape index (κ1) is 19.3. The van der Waals surface area contributed by atoms with Gasteiger partial charge in [0.05, 0.1) is 6.42 Å². The fraction of sp³-hybridized carbons (Fsp3) is 0.455. The molecule has 2 heterocycles. The maximum Gasteiger partial charge on any atom is 0.227 e. The molecule has 0 aliphatic carbocycles. The van der Waals surface area contributed by atoms with Crippen LogP contribution in [0.25, 0.3) is 0 Å². The van der Waals surface area contributed by atoms with E-state index in [1.54, 1.807) is 12.1 Å². The van der Waals surface area contributed by atoms with Crippen LogP contribution >= 0.6 is 0 Å². The lowest BCUT2D eigenvalue weighted by Gasteiger charge is -2.30. The van der Waals surface area contributed by atoms with Crippen molar-refractivity contribution in [3.8, 4) is 0 Å². The molecule has 2 aromatic rings. The molecule has 0 spiro atoms. The number of pyridine rings is 1. The second kappa shape index (κ2) is 8.51. The van der Waals surface area contributed by atoms with Crippen molar-refractivity contribution in [2.24, 2.45) is 0 Å². The summed E-state index contributed by atoms with van der Waals surface area (Å²) in [5.74, 6) is 1.13. The average Bonchev–Trinajstić information content (AvgIpc) is 2.62. The minimum atomic E-state index is -0.279. The Morgan fingerprint density at radius 3 is 2.70 bits per heavy atom. The smallest absolute Gasteiger partial charge is 0.227 e. The van der Waals surface area contributed by atoms with Gasteiger partial charge in [-0.05, 0) is 61.9 Å². The van der Waals surface area contributed by atoms with Gasteiger partial charge in [-0.25, -0.2) is 9.37 Å².